The maximum absolute atomic E-state index is 13.0. The Labute approximate surface area is 201 Å². The molecule has 1 aliphatic carbocycles. The van der Waals surface area contributed by atoms with Crippen LogP contribution in [0.15, 0.2) is 18.5 Å². The van der Waals surface area contributed by atoms with Gasteiger partial charge in [-0.25, -0.2) is 18.1 Å². The second kappa shape index (κ2) is 8.93. The SMILES string of the molecule is CCn1ncc2c(NC3CCCCC3)c(C3=CC4(CCN(S(=O)(=O)C(F)(F)F)CC4)ON3)cnc21. The molecule has 4 heterocycles. The van der Waals surface area contributed by atoms with Crippen LogP contribution >= 0.6 is 0 Å². The smallest absolute Gasteiger partial charge is 0.381 e. The van der Waals surface area contributed by atoms with Gasteiger partial charge in [0, 0.05) is 37.4 Å². The highest BCUT2D eigenvalue weighted by Gasteiger charge is 2.52. The number of hydroxylamine groups is 1. The summed E-state index contributed by atoms with van der Waals surface area (Å²) in [6.07, 6.45) is 11.3. The molecule has 1 spiro atoms. The van der Waals surface area contributed by atoms with Crippen LogP contribution in [-0.2, 0) is 21.4 Å². The fourth-order valence-corrected chi connectivity index (χ4v) is 6.13. The number of aryl methyl sites for hydroxylation is 1. The van der Waals surface area contributed by atoms with Crippen molar-refractivity contribution in [2.24, 2.45) is 0 Å². The first-order chi connectivity index (χ1) is 16.6. The van der Waals surface area contributed by atoms with Crippen LogP contribution in [0.25, 0.3) is 16.7 Å². The van der Waals surface area contributed by atoms with E-state index in [1.54, 1.807) is 12.4 Å². The fourth-order valence-electron chi connectivity index (χ4n) is 5.18. The molecule has 0 bridgehead atoms. The molecule has 5 rings (SSSR count). The summed E-state index contributed by atoms with van der Waals surface area (Å²) >= 11 is 0. The van der Waals surface area contributed by atoms with Crippen molar-refractivity contribution < 1.29 is 26.4 Å². The Balaban J connectivity index is 1.44. The monoisotopic (exact) mass is 514 g/mol. The van der Waals surface area contributed by atoms with Crippen LogP contribution in [-0.4, -0.2) is 57.7 Å². The zero-order valence-electron chi connectivity index (χ0n) is 19.4. The number of fused-ring (bicyclic) bond motifs is 1. The summed E-state index contributed by atoms with van der Waals surface area (Å²) in [5.41, 5.74) is -0.128. The molecule has 1 saturated carbocycles. The van der Waals surface area contributed by atoms with Crippen molar-refractivity contribution in [1.82, 2.24) is 24.5 Å². The van der Waals surface area contributed by atoms with Crippen LogP contribution in [0.2, 0.25) is 0 Å². The number of piperidine rings is 1. The Morgan fingerprint density at radius 1 is 1.20 bits per heavy atom. The molecule has 2 aromatic heterocycles. The molecule has 3 aliphatic rings. The number of pyridine rings is 1. The largest absolute Gasteiger partial charge is 0.511 e. The Morgan fingerprint density at radius 3 is 2.57 bits per heavy atom. The van der Waals surface area contributed by atoms with E-state index in [0.29, 0.717) is 22.6 Å². The highest BCUT2D eigenvalue weighted by Crippen LogP contribution is 2.40. The maximum Gasteiger partial charge on any atom is 0.511 e. The van der Waals surface area contributed by atoms with E-state index in [-0.39, 0.29) is 25.9 Å². The van der Waals surface area contributed by atoms with Gasteiger partial charge in [0.1, 0.15) is 5.60 Å². The zero-order valence-corrected chi connectivity index (χ0v) is 20.3. The van der Waals surface area contributed by atoms with Gasteiger partial charge in [-0.3, -0.25) is 10.3 Å². The normalized spacial score (nSPS) is 21.9. The van der Waals surface area contributed by atoms with Gasteiger partial charge in [-0.05, 0) is 38.7 Å². The van der Waals surface area contributed by atoms with Gasteiger partial charge in [0.15, 0.2) is 5.65 Å². The van der Waals surface area contributed by atoms with Crippen molar-refractivity contribution in [3.8, 4) is 0 Å². The van der Waals surface area contributed by atoms with Crippen LogP contribution in [0.3, 0.4) is 0 Å². The third-order valence-electron chi connectivity index (χ3n) is 7.18. The van der Waals surface area contributed by atoms with E-state index in [2.05, 4.69) is 20.9 Å². The summed E-state index contributed by atoms with van der Waals surface area (Å²) in [6.45, 7) is 2.13. The lowest BCUT2D eigenvalue weighted by atomic mass is 9.91. The van der Waals surface area contributed by atoms with E-state index in [1.165, 1.54) is 19.3 Å². The molecule has 2 aliphatic heterocycles. The molecule has 0 unspecified atom stereocenters. The van der Waals surface area contributed by atoms with Crippen LogP contribution in [0.4, 0.5) is 18.9 Å². The summed E-state index contributed by atoms with van der Waals surface area (Å²) in [5, 5.41) is 9.05. The molecule has 0 aromatic carbocycles. The number of halogens is 3. The molecule has 9 nitrogen and oxygen atoms in total. The summed E-state index contributed by atoms with van der Waals surface area (Å²) in [4.78, 5) is 10.5. The van der Waals surface area contributed by atoms with Crippen LogP contribution in [0.5, 0.6) is 0 Å². The number of sulfonamides is 1. The number of aromatic nitrogens is 3. The molecule has 0 radical (unpaired) electrons. The fraction of sp³-hybridized carbons (Fsp3) is 0.636. The molecule has 1 saturated heterocycles. The van der Waals surface area contributed by atoms with E-state index in [1.807, 2.05) is 17.7 Å². The van der Waals surface area contributed by atoms with E-state index in [9.17, 15) is 21.6 Å². The van der Waals surface area contributed by atoms with Crippen molar-refractivity contribution in [2.75, 3.05) is 18.4 Å². The first kappa shape index (κ1) is 24.3. The summed E-state index contributed by atoms with van der Waals surface area (Å²) in [6, 6.07) is 0.325. The number of nitrogens with zero attached hydrogens (tertiary/aromatic N) is 4. The zero-order chi connectivity index (χ0) is 24.8. The first-order valence-corrected chi connectivity index (χ1v) is 13.4. The molecule has 2 aromatic rings. The molecule has 0 atom stereocenters. The predicted molar refractivity (Wildman–Crippen MR) is 124 cm³/mol. The highest BCUT2D eigenvalue weighted by atomic mass is 32.2. The molecule has 2 N–H and O–H groups in total. The van der Waals surface area contributed by atoms with Crippen molar-refractivity contribution in [2.45, 2.75) is 75.6 Å². The second-order valence-electron chi connectivity index (χ2n) is 9.40. The second-order valence-corrected chi connectivity index (χ2v) is 11.3. The van der Waals surface area contributed by atoms with Crippen LogP contribution in [0.1, 0.15) is 57.4 Å². The number of hydrogen-bond donors (Lipinski definition) is 2. The Bertz CT molecular complexity index is 1230. The van der Waals surface area contributed by atoms with Gasteiger partial charge in [0.2, 0.25) is 0 Å². The lowest BCUT2D eigenvalue weighted by molar-refractivity contribution is -0.0695. The topological polar surface area (TPSA) is 101 Å². The number of alkyl halides is 3. The van der Waals surface area contributed by atoms with Crippen molar-refractivity contribution >= 4 is 32.4 Å². The van der Waals surface area contributed by atoms with E-state index in [0.717, 1.165) is 35.1 Å². The Hall–Kier alpha value is -2.38. The third-order valence-corrected chi connectivity index (χ3v) is 8.81. The van der Waals surface area contributed by atoms with E-state index < -0.39 is 21.1 Å². The predicted octanol–water partition coefficient (Wildman–Crippen LogP) is 3.76. The summed E-state index contributed by atoms with van der Waals surface area (Å²) in [7, 11) is -5.35. The number of anilines is 1. The lowest BCUT2D eigenvalue weighted by Gasteiger charge is -2.35. The van der Waals surface area contributed by atoms with Gasteiger partial charge < -0.3 is 5.32 Å². The van der Waals surface area contributed by atoms with Crippen molar-refractivity contribution in [3.05, 3.63) is 24.0 Å². The molecule has 2 fully saturated rings. The van der Waals surface area contributed by atoms with E-state index in [4.69, 9.17) is 4.84 Å². The van der Waals surface area contributed by atoms with Gasteiger partial charge in [0.25, 0.3) is 0 Å². The third kappa shape index (κ3) is 4.38. The van der Waals surface area contributed by atoms with Gasteiger partial charge in [-0.15, -0.1) is 0 Å². The number of nitrogens with one attached hydrogen (secondary N) is 2. The van der Waals surface area contributed by atoms with Crippen molar-refractivity contribution in [1.29, 1.82) is 0 Å². The van der Waals surface area contributed by atoms with Gasteiger partial charge in [-0.2, -0.15) is 22.6 Å². The van der Waals surface area contributed by atoms with Crippen LogP contribution < -0.4 is 10.8 Å². The van der Waals surface area contributed by atoms with Gasteiger partial charge >= 0.3 is 15.5 Å². The number of rotatable bonds is 5. The summed E-state index contributed by atoms with van der Waals surface area (Å²) < 4.78 is 64.8. The van der Waals surface area contributed by atoms with Crippen LogP contribution in [0, 0.1) is 0 Å². The lowest BCUT2D eigenvalue weighted by Crippen LogP contribution is -2.50. The van der Waals surface area contributed by atoms with Gasteiger partial charge in [-0.1, -0.05) is 19.3 Å². The molecule has 0 amide bonds. The molecule has 35 heavy (non-hydrogen) atoms. The molecular formula is C22H29F3N6O3S. The highest BCUT2D eigenvalue weighted by molar-refractivity contribution is 7.90. The minimum atomic E-state index is -5.35. The Morgan fingerprint density at radius 2 is 1.91 bits per heavy atom. The molecule has 13 heteroatoms. The standard InChI is InChI=1S/C22H29F3N6O3S/c1-2-31-20-17(14-27-31)19(28-15-6-4-3-5-7-15)16(13-26-20)18-12-21(34-29-18)8-10-30(11-9-21)35(32,33)22(23,24)25/h12-15,29H,2-11H2,1H3,(H,26,28). The van der Waals surface area contributed by atoms with Crippen molar-refractivity contribution in [3.63, 3.8) is 0 Å². The molecular weight excluding hydrogens is 485 g/mol. The Kier molecular flexibility index (Phi) is 6.20. The molecule has 192 valence electrons. The summed E-state index contributed by atoms with van der Waals surface area (Å²) in [5.74, 6) is 0. The van der Waals surface area contributed by atoms with E-state index >= 15 is 0 Å². The first-order valence-electron chi connectivity index (χ1n) is 12.0. The number of hydrogen-bond acceptors (Lipinski definition) is 7. The minimum Gasteiger partial charge on any atom is -0.381 e. The quantitative estimate of drug-likeness (QED) is 0.627. The maximum atomic E-state index is 13.0. The average Bonchev–Trinajstić information content (AvgIpc) is 3.44. The average molecular weight is 515 g/mol. The van der Waals surface area contributed by atoms with Gasteiger partial charge in [0.05, 0.1) is 23.0 Å². The minimum absolute atomic E-state index is 0.105.